The van der Waals surface area contributed by atoms with Crippen LogP contribution >= 0.6 is 0 Å². The van der Waals surface area contributed by atoms with Crippen LogP contribution in [-0.2, 0) is 6.42 Å². The summed E-state index contributed by atoms with van der Waals surface area (Å²) in [5, 5.41) is 2.92. The molecule has 2 rings (SSSR count). The predicted octanol–water partition coefficient (Wildman–Crippen LogP) is 5.46. The summed E-state index contributed by atoms with van der Waals surface area (Å²) in [4.78, 5) is 12.3. The number of aryl methyl sites for hydroxylation is 1. The van der Waals surface area contributed by atoms with Gasteiger partial charge in [-0.2, -0.15) is 0 Å². The fourth-order valence-electron chi connectivity index (χ4n) is 2.38. The third-order valence-electron chi connectivity index (χ3n) is 3.91. The van der Waals surface area contributed by atoms with Gasteiger partial charge in [-0.05, 0) is 61.2 Å². The molecule has 0 aliphatic rings. The number of ether oxygens (including phenoxy) is 1. The van der Waals surface area contributed by atoms with Crippen LogP contribution in [0.25, 0.3) is 0 Å². The van der Waals surface area contributed by atoms with Gasteiger partial charge in [0.1, 0.15) is 5.75 Å². The lowest BCUT2D eigenvalue weighted by molar-refractivity contribution is 0.102. The fraction of sp³-hybridized carbons (Fsp3) is 0.381. The smallest absolute Gasteiger partial charge is 0.255 e. The van der Waals surface area contributed by atoms with Crippen LogP contribution in [0.15, 0.2) is 48.5 Å². The van der Waals surface area contributed by atoms with E-state index < -0.39 is 0 Å². The zero-order valence-corrected chi connectivity index (χ0v) is 14.7. The van der Waals surface area contributed by atoms with Crippen molar-refractivity contribution in [2.45, 2.75) is 46.0 Å². The summed E-state index contributed by atoms with van der Waals surface area (Å²) < 4.78 is 5.62. The number of anilines is 1. The van der Waals surface area contributed by atoms with Crippen molar-refractivity contribution in [3.63, 3.8) is 0 Å². The second kappa shape index (κ2) is 9.76. The molecule has 24 heavy (non-hydrogen) atoms. The molecule has 3 heteroatoms. The van der Waals surface area contributed by atoms with E-state index in [1.807, 2.05) is 48.5 Å². The lowest BCUT2D eigenvalue weighted by atomic mass is 10.1. The predicted molar refractivity (Wildman–Crippen MR) is 99.9 cm³/mol. The molecular formula is C21H27NO2. The average molecular weight is 325 g/mol. The SMILES string of the molecule is CCCCOc1ccc(NC(=O)c2ccc(CCCC)cc2)cc1. The zero-order chi connectivity index (χ0) is 17.2. The molecule has 128 valence electrons. The number of carbonyl (C=O) groups is 1. The summed E-state index contributed by atoms with van der Waals surface area (Å²) in [6, 6.07) is 15.4. The van der Waals surface area contributed by atoms with Crippen molar-refractivity contribution in [3.05, 3.63) is 59.7 Å². The van der Waals surface area contributed by atoms with Crippen molar-refractivity contribution in [2.24, 2.45) is 0 Å². The van der Waals surface area contributed by atoms with E-state index in [-0.39, 0.29) is 5.91 Å². The summed E-state index contributed by atoms with van der Waals surface area (Å²) in [7, 11) is 0. The van der Waals surface area contributed by atoms with Gasteiger partial charge in [-0.15, -0.1) is 0 Å². The fourth-order valence-corrected chi connectivity index (χ4v) is 2.38. The Morgan fingerprint density at radius 1 is 0.917 bits per heavy atom. The molecule has 0 saturated heterocycles. The van der Waals surface area contributed by atoms with Gasteiger partial charge in [0.05, 0.1) is 6.61 Å². The van der Waals surface area contributed by atoms with Crippen molar-refractivity contribution in [2.75, 3.05) is 11.9 Å². The molecular weight excluding hydrogens is 298 g/mol. The Bertz CT molecular complexity index is 617. The van der Waals surface area contributed by atoms with Gasteiger partial charge in [-0.1, -0.05) is 38.8 Å². The normalized spacial score (nSPS) is 10.4. The third kappa shape index (κ3) is 5.73. The van der Waals surface area contributed by atoms with E-state index in [9.17, 15) is 4.79 Å². The molecule has 0 aliphatic heterocycles. The Morgan fingerprint density at radius 3 is 2.21 bits per heavy atom. The van der Waals surface area contributed by atoms with Crippen LogP contribution < -0.4 is 10.1 Å². The van der Waals surface area contributed by atoms with Crippen molar-refractivity contribution >= 4 is 11.6 Å². The second-order valence-electron chi connectivity index (χ2n) is 5.98. The summed E-state index contributed by atoms with van der Waals surface area (Å²) in [6.07, 6.45) is 5.59. The van der Waals surface area contributed by atoms with Crippen molar-refractivity contribution in [1.29, 1.82) is 0 Å². The van der Waals surface area contributed by atoms with Crippen molar-refractivity contribution < 1.29 is 9.53 Å². The number of amides is 1. The lowest BCUT2D eigenvalue weighted by Gasteiger charge is -2.08. The molecule has 2 aromatic carbocycles. The maximum absolute atomic E-state index is 12.3. The van der Waals surface area contributed by atoms with E-state index in [1.54, 1.807) is 0 Å². The minimum Gasteiger partial charge on any atom is -0.494 e. The minimum atomic E-state index is -0.0864. The highest BCUT2D eigenvalue weighted by Crippen LogP contribution is 2.17. The monoisotopic (exact) mass is 325 g/mol. The number of hydrogen-bond acceptors (Lipinski definition) is 2. The molecule has 0 saturated carbocycles. The third-order valence-corrected chi connectivity index (χ3v) is 3.91. The zero-order valence-electron chi connectivity index (χ0n) is 14.7. The molecule has 0 radical (unpaired) electrons. The van der Waals surface area contributed by atoms with Gasteiger partial charge in [-0.25, -0.2) is 0 Å². The molecule has 0 aliphatic carbocycles. The van der Waals surface area contributed by atoms with E-state index >= 15 is 0 Å². The maximum atomic E-state index is 12.3. The number of rotatable bonds is 9. The van der Waals surface area contributed by atoms with Gasteiger partial charge in [0.15, 0.2) is 0 Å². The van der Waals surface area contributed by atoms with Crippen LogP contribution in [0.2, 0.25) is 0 Å². The lowest BCUT2D eigenvalue weighted by Crippen LogP contribution is -2.11. The highest BCUT2D eigenvalue weighted by atomic mass is 16.5. The molecule has 0 spiro atoms. The number of benzene rings is 2. The van der Waals surface area contributed by atoms with Gasteiger partial charge in [0.25, 0.3) is 5.91 Å². The van der Waals surface area contributed by atoms with Gasteiger partial charge in [0.2, 0.25) is 0 Å². The summed E-state index contributed by atoms with van der Waals surface area (Å²) >= 11 is 0. The Morgan fingerprint density at radius 2 is 1.58 bits per heavy atom. The maximum Gasteiger partial charge on any atom is 0.255 e. The van der Waals surface area contributed by atoms with E-state index in [1.165, 1.54) is 18.4 Å². The number of unbranched alkanes of at least 4 members (excludes halogenated alkanes) is 2. The molecule has 1 amide bonds. The van der Waals surface area contributed by atoms with Gasteiger partial charge < -0.3 is 10.1 Å². The standard InChI is InChI=1S/C21H27NO2/c1-3-5-7-17-8-10-18(11-9-17)21(23)22-19-12-14-20(15-13-19)24-16-6-4-2/h8-15H,3-7,16H2,1-2H3,(H,22,23). The molecule has 0 bridgehead atoms. The molecule has 2 aromatic rings. The Hall–Kier alpha value is -2.29. The van der Waals surface area contributed by atoms with Crippen LogP contribution in [0, 0.1) is 0 Å². The van der Waals surface area contributed by atoms with Gasteiger partial charge in [0, 0.05) is 11.3 Å². The van der Waals surface area contributed by atoms with E-state index in [2.05, 4.69) is 19.2 Å². The number of carbonyl (C=O) groups excluding carboxylic acids is 1. The Labute approximate surface area is 145 Å². The molecule has 0 fully saturated rings. The van der Waals surface area contributed by atoms with Crippen LogP contribution in [0.4, 0.5) is 5.69 Å². The average Bonchev–Trinajstić information content (AvgIpc) is 2.62. The Balaban J connectivity index is 1.89. The molecule has 0 atom stereocenters. The van der Waals surface area contributed by atoms with Crippen LogP contribution in [-0.4, -0.2) is 12.5 Å². The number of hydrogen-bond donors (Lipinski definition) is 1. The van der Waals surface area contributed by atoms with E-state index in [0.717, 1.165) is 37.3 Å². The van der Waals surface area contributed by atoms with Crippen molar-refractivity contribution in [1.82, 2.24) is 0 Å². The number of nitrogens with one attached hydrogen (secondary N) is 1. The molecule has 0 unspecified atom stereocenters. The molecule has 1 N–H and O–H groups in total. The van der Waals surface area contributed by atoms with Crippen LogP contribution in [0.5, 0.6) is 5.75 Å². The molecule has 3 nitrogen and oxygen atoms in total. The van der Waals surface area contributed by atoms with E-state index in [4.69, 9.17) is 4.74 Å². The highest BCUT2D eigenvalue weighted by Gasteiger charge is 2.06. The first-order valence-corrected chi connectivity index (χ1v) is 8.86. The first-order chi connectivity index (χ1) is 11.7. The highest BCUT2D eigenvalue weighted by molar-refractivity contribution is 6.04. The molecule has 0 heterocycles. The van der Waals surface area contributed by atoms with E-state index in [0.29, 0.717) is 5.56 Å². The summed E-state index contributed by atoms with van der Waals surface area (Å²) in [6.45, 7) is 5.05. The van der Waals surface area contributed by atoms with Crippen LogP contribution in [0.3, 0.4) is 0 Å². The topological polar surface area (TPSA) is 38.3 Å². The van der Waals surface area contributed by atoms with Crippen LogP contribution in [0.1, 0.15) is 55.5 Å². The second-order valence-corrected chi connectivity index (χ2v) is 5.98. The first kappa shape index (κ1) is 18.1. The van der Waals surface area contributed by atoms with Gasteiger partial charge >= 0.3 is 0 Å². The largest absolute Gasteiger partial charge is 0.494 e. The van der Waals surface area contributed by atoms with Gasteiger partial charge in [-0.3, -0.25) is 4.79 Å². The quantitative estimate of drug-likeness (QED) is 0.622. The minimum absolute atomic E-state index is 0.0864. The Kier molecular flexibility index (Phi) is 7.34. The summed E-state index contributed by atoms with van der Waals surface area (Å²) in [5.74, 6) is 0.749. The first-order valence-electron chi connectivity index (χ1n) is 8.86. The molecule has 0 aromatic heterocycles. The van der Waals surface area contributed by atoms with Crippen molar-refractivity contribution in [3.8, 4) is 5.75 Å². The summed E-state index contributed by atoms with van der Waals surface area (Å²) in [5.41, 5.74) is 2.73.